The summed E-state index contributed by atoms with van der Waals surface area (Å²) in [6.45, 7) is 0.745. The van der Waals surface area contributed by atoms with Gasteiger partial charge in [-0.15, -0.1) is 11.3 Å². The predicted octanol–water partition coefficient (Wildman–Crippen LogP) is 4.72. The fourth-order valence-electron chi connectivity index (χ4n) is 3.44. The summed E-state index contributed by atoms with van der Waals surface area (Å²) in [4.78, 5) is 13.7. The van der Waals surface area contributed by atoms with E-state index in [1.807, 2.05) is 18.2 Å². The number of ether oxygens (including phenoxy) is 1. The van der Waals surface area contributed by atoms with E-state index in [4.69, 9.17) is 17.0 Å². The van der Waals surface area contributed by atoms with Crippen molar-refractivity contribution in [2.24, 2.45) is 0 Å². The number of nitrogens with one attached hydrogen (secondary N) is 2. The van der Waals surface area contributed by atoms with Crippen molar-refractivity contribution in [3.8, 4) is 0 Å². The van der Waals surface area contributed by atoms with Crippen LogP contribution in [-0.4, -0.2) is 24.7 Å². The molecule has 0 saturated heterocycles. The van der Waals surface area contributed by atoms with Crippen LogP contribution in [0.1, 0.15) is 52.0 Å². The number of thiophene rings is 1. The van der Waals surface area contributed by atoms with Crippen molar-refractivity contribution < 1.29 is 9.53 Å². The van der Waals surface area contributed by atoms with Crippen molar-refractivity contribution in [2.75, 3.05) is 19.0 Å². The molecule has 27 heavy (non-hydrogen) atoms. The van der Waals surface area contributed by atoms with Gasteiger partial charge < -0.3 is 15.4 Å². The van der Waals surface area contributed by atoms with Crippen LogP contribution >= 0.6 is 23.6 Å². The Hall–Kier alpha value is -1.92. The zero-order valence-electron chi connectivity index (χ0n) is 15.7. The van der Waals surface area contributed by atoms with Crippen molar-refractivity contribution in [3.63, 3.8) is 0 Å². The van der Waals surface area contributed by atoms with Crippen LogP contribution in [-0.2, 0) is 24.0 Å². The van der Waals surface area contributed by atoms with E-state index >= 15 is 0 Å². The van der Waals surface area contributed by atoms with Gasteiger partial charge in [-0.25, -0.2) is 4.79 Å². The molecule has 3 rings (SSSR count). The maximum absolute atomic E-state index is 12.4. The molecule has 0 fully saturated rings. The molecule has 0 saturated carbocycles. The van der Waals surface area contributed by atoms with Crippen LogP contribution in [0, 0.1) is 0 Å². The lowest BCUT2D eigenvalue weighted by molar-refractivity contribution is 0.0601. The van der Waals surface area contributed by atoms with Crippen LogP contribution in [0.5, 0.6) is 0 Å². The Bertz CT molecular complexity index is 787. The van der Waals surface area contributed by atoms with Crippen LogP contribution in [0.4, 0.5) is 5.00 Å². The Morgan fingerprint density at radius 1 is 1.15 bits per heavy atom. The van der Waals surface area contributed by atoms with Crippen molar-refractivity contribution in [2.45, 2.75) is 44.9 Å². The second-order valence-corrected chi connectivity index (χ2v) is 8.24. The Kier molecular flexibility index (Phi) is 7.24. The van der Waals surface area contributed by atoms with Crippen LogP contribution < -0.4 is 10.6 Å². The Balaban J connectivity index is 1.68. The summed E-state index contributed by atoms with van der Waals surface area (Å²) in [5.74, 6) is -0.275. The van der Waals surface area contributed by atoms with Crippen molar-refractivity contribution >= 4 is 39.6 Å². The molecular formula is C21H26N2O2S2. The lowest BCUT2D eigenvalue weighted by atomic mass is 9.96. The van der Waals surface area contributed by atoms with Crippen LogP contribution in [0.25, 0.3) is 0 Å². The lowest BCUT2D eigenvalue weighted by Gasteiger charge is -2.12. The molecule has 144 valence electrons. The molecule has 0 spiro atoms. The third-order valence-electron chi connectivity index (χ3n) is 4.83. The molecule has 1 aromatic carbocycles. The number of benzene rings is 1. The third kappa shape index (κ3) is 5.30. The second-order valence-electron chi connectivity index (χ2n) is 6.73. The Labute approximate surface area is 170 Å². The summed E-state index contributed by atoms with van der Waals surface area (Å²) in [7, 11) is 1.44. The van der Waals surface area contributed by atoms with Gasteiger partial charge in [-0.2, -0.15) is 0 Å². The number of thiocarbonyl (C=S) groups is 1. The van der Waals surface area contributed by atoms with E-state index in [1.54, 1.807) is 11.3 Å². The molecule has 0 amide bonds. The number of rotatable bonds is 5. The first-order valence-corrected chi connectivity index (χ1v) is 10.7. The quantitative estimate of drug-likeness (QED) is 0.560. The lowest BCUT2D eigenvalue weighted by Crippen LogP contribution is -2.30. The molecule has 0 aliphatic heterocycles. The first-order chi connectivity index (χ1) is 13.2. The van der Waals surface area contributed by atoms with Gasteiger partial charge in [0.1, 0.15) is 5.00 Å². The van der Waals surface area contributed by atoms with Gasteiger partial charge in [0.15, 0.2) is 5.11 Å². The molecule has 4 nitrogen and oxygen atoms in total. The number of fused-ring (bicyclic) bond motifs is 1. The molecule has 0 radical (unpaired) electrons. The molecule has 2 aromatic rings. The van der Waals surface area contributed by atoms with E-state index < -0.39 is 0 Å². The van der Waals surface area contributed by atoms with Crippen LogP contribution in [0.3, 0.4) is 0 Å². The summed E-state index contributed by atoms with van der Waals surface area (Å²) in [5.41, 5.74) is 3.09. The molecule has 0 unspecified atom stereocenters. The largest absolute Gasteiger partial charge is 0.465 e. The highest BCUT2D eigenvalue weighted by molar-refractivity contribution is 7.80. The van der Waals surface area contributed by atoms with E-state index in [2.05, 4.69) is 22.8 Å². The predicted molar refractivity (Wildman–Crippen MR) is 116 cm³/mol. The Morgan fingerprint density at radius 2 is 1.89 bits per heavy atom. The number of hydrogen-bond donors (Lipinski definition) is 2. The molecule has 1 heterocycles. The highest BCUT2D eigenvalue weighted by Crippen LogP contribution is 2.37. The van der Waals surface area contributed by atoms with Crippen LogP contribution in [0.15, 0.2) is 30.3 Å². The smallest absolute Gasteiger partial charge is 0.341 e. The second kappa shape index (κ2) is 9.85. The summed E-state index contributed by atoms with van der Waals surface area (Å²) >= 11 is 7.11. The molecule has 0 atom stereocenters. The molecule has 6 heteroatoms. The minimum Gasteiger partial charge on any atom is -0.465 e. The van der Waals surface area contributed by atoms with E-state index in [0.29, 0.717) is 10.7 Å². The topological polar surface area (TPSA) is 50.4 Å². The summed E-state index contributed by atoms with van der Waals surface area (Å²) in [5, 5.41) is 7.85. The van der Waals surface area contributed by atoms with Crippen molar-refractivity contribution in [3.05, 3.63) is 51.9 Å². The number of carbonyl (C=O) groups excluding carboxylic acids is 1. The van der Waals surface area contributed by atoms with E-state index in [9.17, 15) is 4.79 Å². The van der Waals surface area contributed by atoms with Gasteiger partial charge in [0, 0.05) is 11.4 Å². The molecule has 1 aliphatic rings. The summed E-state index contributed by atoms with van der Waals surface area (Å²) < 4.78 is 5.06. The molecule has 0 bridgehead atoms. The average Bonchev–Trinajstić information content (AvgIpc) is 2.98. The minimum atomic E-state index is -0.275. The van der Waals surface area contributed by atoms with Gasteiger partial charge in [0.25, 0.3) is 0 Å². The van der Waals surface area contributed by atoms with E-state index in [0.717, 1.165) is 42.8 Å². The monoisotopic (exact) mass is 402 g/mol. The maximum atomic E-state index is 12.4. The first-order valence-electron chi connectivity index (χ1n) is 9.50. The third-order valence-corrected chi connectivity index (χ3v) is 6.28. The SMILES string of the molecule is COC(=O)c1c(NC(=S)NCCc2ccccc2)sc2c1CCCCCC2. The maximum Gasteiger partial charge on any atom is 0.341 e. The van der Waals surface area contributed by atoms with E-state index in [1.165, 1.54) is 36.8 Å². The van der Waals surface area contributed by atoms with Gasteiger partial charge in [0.2, 0.25) is 0 Å². The molecular weight excluding hydrogens is 376 g/mol. The van der Waals surface area contributed by atoms with Crippen molar-refractivity contribution in [1.29, 1.82) is 0 Å². The van der Waals surface area contributed by atoms with Crippen LogP contribution in [0.2, 0.25) is 0 Å². The van der Waals surface area contributed by atoms with Gasteiger partial charge in [-0.1, -0.05) is 43.2 Å². The molecule has 1 aromatic heterocycles. The van der Waals surface area contributed by atoms with Crippen molar-refractivity contribution in [1.82, 2.24) is 5.32 Å². The van der Waals surface area contributed by atoms with Gasteiger partial charge >= 0.3 is 5.97 Å². The Morgan fingerprint density at radius 3 is 2.63 bits per heavy atom. The number of carbonyl (C=O) groups is 1. The normalized spacial score (nSPS) is 13.8. The van der Waals surface area contributed by atoms with Gasteiger partial charge in [-0.3, -0.25) is 0 Å². The first kappa shape index (κ1) is 19.8. The molecule has 1 aliphatic carbocycles. The number of anilines is 1. The standard InChI is InChI=1S/C21H26N2O2S2/c1-25-20(24)18-16-11-7-2-3-8-12-17(16)27-19(18)23-21(26)22-14-13-15-9-5-4-6-10-15/h4-6,9-10H,2-3,7-8,11-14H2,1H3,(H2,22,23,26). The minimum absolute atomic E-state index is 0.275. The van der Waals surface area contributed by atoms with E-state index in [-0.39, 0.29) is 5.97 Å². The van der Waals surface area contributed by atoms with Gasteiger partial charge in [-0.05, 0) is 55.4 Å². The summed E-state index contributed by atoms with van der Waals surface area (Å²) in [6.07, 6.45) is 7.63. The number of methoxy groups -OCH3 is 1. The highest BCUT2D eigenvalue weighted by Gasteiger charge is 2.25. The zero-order chi connectivity index (χ0) is 19.1. The average molecular weight is 403 g/mol. The number of aryl methyl sites for hydroxylation is 1. The fraction of sp³-hybridized carbons (Fsp3) is 0.429. The highest BCUT2D eigenvalue weighted by atomic mass is 32.1. The zero-order valence-corrected chi connectivity index (χ0v) is 17.3. The molecule has 2 N–H and O–H groups in total. The summed E-state index contributed by atoms with van der Waals surface area (Å²) in [6, 6.07) is 10.3. The number of esters is 1. The van der Waals surface area contributed by atoms with Gasteiger partial charge in [0.05, 0.1) is 12.7 Å². The fourth-order valence-corrected chi connectivity index (χ4v) is 4.99. The number of hydrogen-bond acceptors (Lipinski definition) is 4.